The van der Waals surface area contributed by atoms with Gasteiger partial charge in [-0.05, 0) is 30.7 Å². The van der Waals surface area contributed by atoms with Gasteiger partial charge in [-0.25, -0.2) is 0 Å². The van der Waals surface area contributed by atoms with Crippen LogP contribution < -0.4 is 0 Å². The maximum Gasteiger partial charge on any atom is 0.262 e. The van der Waals surface area contributed by atoms with Crippen LogP contribution in [0.4, 0.5) is 0 Å². The molecule has 0 saturated carbocycles. The third-order valence-electron chi connectivity index (χ3n) is 4.15. The molecule has 0 fully saturated rings. The second-order valence-corrected chi connectivity index (χ2v) is 5.87. The molecule has 3 amide bonds. The summed E-state index contributed by atoms with van der Waals surface area (Å²) >= 11 is 0. The number of amides is 3. The first kappa shape index (κ1) is 21.0. The number of fused-ring (bicyclic) bond motifs is 1. The number of carbonyl (C=O) groups excluding carboxylic acids is 3. The van der Waals surface area contributed by atoms with E-state index in [0.717, 1.165) is 11.3 Å². The Morgan fingerprint density at radius 3 is 1.96 bits per heavy atom. The zero-order valence-corrected chi connectivity index (χ0v) is 16.2. The monoisotopic (exact) mass is 379 g/mol. The van der Waals surface area contributed by atoms with Gasteiger partial charge in [0.05, 0.1) is 11.1 Å². The van der Waals surface area contributed by atoms with Gasteiger partial charge < -0.3 is 4.90 Å². The Morgan fingerprint density at radius 2 is 1.54 bits per heavy atom. The summed E-state index contributed by atoms with van der Waals surface area (Å²) < 4.78 is 0. The van der Waals surface area contributed by atoms with Gasteiger partial charge in [-0.3, -0.25) is 24.3 Å². The summed E-state index contributed by atoms with van der Waals surface area (Å²) in [6.07, 6.45) is 8.25. The smallest absolute Gasteiger partial charge is 0.262 e. The van der Waals surface area contributed by atoms with E-state index in [9.17, 15) is 14.4 Å². The molecule has 3 heterocycles. The Kier molecular flexibility index (Phi) is 8.09. The van der Waals surface area contributed by atoms with Crippen molar-refractivity contribution in [2.75, 3.05) is 19.6 Å². The van der Waals surface area contributed by atoms with Crippen LogP contribution in [0.15, 0.2) is 67.0 Å². The van der Waals surface area contributed by atoms with Crippen molar-refractivity contribution in [1.29, 1.82) is 0 Å². The Hall–Kier alpha value is -3.28. The second kappa shape index (κ2) is 10.8. The maximum atomic E-state index is 12.1. The molecule has 2 aliphatic heterocycles. The normalized spacial score (nSPS) is 14.5. The molecular formula is C22H25N3O3. The lowest BCUT2D eigenvalue weighted by atomic mass is 10.1. The van der Waals surface area contributed by atoms with Crippen LogP contribution in [0.3, 0.4) is 0 Å². The number of pyridine rings is 1. The standard InChI is InChI=1S/C15H14N2O3.C5H5N.C2H6/c18-13(16-8-4-1-5-9-16)10-17-14(19)11-6-2-3-7-12(11)15(17)20;1-2-4-6-5-3-1;1-2/h1-4,6-7H,5,8-10H2;1-5H;1-2H3. The van der Waals surface area contributed by atoms with Crippen LogP contribution in [0.5, 0.6) is 0 Å². The minimum atomic E-state index is -0.383. The number of carbonyl (C=O) groups is 3. The molecule has 4 rings (SSSR count). The molecule has 0 bridgehead atoms. The molecule has 6 heteroatoms. The molecule has 146 valence electrons. The molecule has 0 saturated heterocycles. The number of rotatable bonds is 2. The van der Waals surface area contributed by atoms with Crippen LogP contribution >= 0.6 is 0 Å². The van der Waals surface area contributed by atoms with Crippen molar-refractivity contribution in [2.45, 2.75) is 20.3 Å². The van der Waals surface area contributed by atoms with E-state index < -0.39 is 0 Å². The average Bonchev–Trinajstić information content (AvgIpc) is 3.02. The molecule has 1 aromatic heterocycles. The van der Waals surface area contributed by atoms with Gasteiger partial charge in [-0.1, -0.05) is 44.2 Å². The van der Waals surface area contributed by atoms with Crippen molar-refractivity contribution in [2.24, 2.45) is 0 Å². The molecule has 6 nitrogen and oxygen atoms in total. The first-order valence-electron chi connectivity index (χ1n) is 9.41. The molecule has 1 aromatic carbocycles. The molecular weight excluding hydrogens is 354 g/mol. The predicted octanol–water partition coefficient (Wildman–Crippen LogP) is 3.18. The van der Waals surface area contributed by atoms with Crippen LogP contribution in [0.2, 0.25) is 0 Å². The topological polar surface area (TPSA) is 70.6 Å². The summed E-state index contributed by atoms with van der Waals surface area (Å²) in [4.78, 5) is 42.9. The van der Waals surface area contributed by atoms with E-state index in [-0.39, 0.29) is 24.3 Å². The number of nitrogens with zero attached hydrogens (tertiary/aromatic N) is 3. The van der Waals surface area contributed by atoms with E-state index in [1.54, 1.807) is 41.6 Å². The molecule has 0 N–H and O–H groups in total. The Labute approximate surface area is 165 Å². The van der Waals surface area contributed by atoms with Crippen molar-refractivity contribution in [3.05, 3.63) is 78.1 Å². The minimum absolute atomic E-state index is 0.180. The van der Waals surface area contributed by atoms with Crippen molar-refractivity contribution < 1.29 is 14.4 Å². The Bertz CT molecular complexity index is 772. The fourth-order valence-electron chi connectivity index (χ4n) is 2.80. The molecule has 28 heavy (non-hydrogen) atoms. The molecule has 0 aliphatic carbocycles. The number of hydrogen-bond acceptors (Lipinski definition) is 4. The lowest BCUT2D eigenvalue weighted by Crippen LogP contribution is -2.43. The molecule has 0 atom stereocenters. The van der Waals surface area contributed by atoms with E-state index in [2.05, 4.69) is 4.98 Å². The fraction of sp³-hybridized carbons (Fsp3) is 0.273. The predicted molar refractivity (Wildman–Crippen MR) is 108 cm³/mol. The van der Waals surface area contributed by atoms with Crippen LogP contribution in [0.1, 0.15) is 41.0 Å². The van der Waals surface area contributed by atoms with Gasteiger partial charge in [0.1, 0.15) is 6.54 Å². The van der Waals surface area contributed by atoms with E-state index in [4.69, 9.17) is 0 Å². The van der Waals surface area contributed by atoms with Crippen molar-refractivity contribution in [3.8, 4) is 0 Å². The van der Waals surface area contributed by atoms with Crippen LogP contribution in [0.25, 0.3) is 0 Å². The Balaban J connectivity index is 0.000000296. The summed E-state index contributed by atoms with van der Waals surface area (Å²) in [6, 6.07) is 12.4. The quantitative estimate of drug-likeness (QED) is 0.594. The molecule has 0 radical (unpaired) electrons. The number of hydrogen-bond donors (Lipinski definition) is 0. The van der Waals surface area contributed by atoms with Crippen molar-refractivity contribution >= 4 is 17.7 Å². The molecule has 2 aromatic rings. The summed E-state index contributed by atoms with van der Waals surface area (Å²) in [5.74, 6) is -0.957. The first-order chi connectivity index (χ1) is 13.7. The van der Waals surface area contributed by atoms with Gasteiger partial charge in [0, 0.05) is 25.5 Å². The summed E-state index contributed by atoms with van der Waals surface area (Å²) in [7, 11) is 0. The summed E-state index contributed by atoms with van der Waals surface area (Å²) in [6.45, 7) is 5.00. The average molecular weight is 379 g/mol. The molecule has 0 unspecified atom stereocenters. The molecule has 2 aliphatic rings. The number of imide groups is 1. The highest BCUT2D eigenvalue weighted by molar-refractivity contribution is 6.22. The van der Waals surface area contributed by atoms with Gasteiger partial charge in [-0.15, -0.1) is 0 Å². The number of benzene rings is 1. The summed E-state index contributed by atoms with van der Waals surface area (Å²) in [5, 5.41) is 0. The highest BCUT2D eigenvalue weighted by atomic mass is 16.2. The molecule has 0 spiro atoms. The van der Waals surface area contributed by atoms with Gasteiger partial charge in [-0.2, -0.15) is 0 Å². The second-order valence-electron chi connectivity index (χ2n) is 5.87. The zero-order valence-electron chi connectivity index (χ0n) is 16.2. The van der Waals surface area contributed by atoms with E-state index >= 15 is 0 Å². The highest BCUT2D eigenvalue weighted by Gasteiger charge is 2.36. The maximum absolute atomic E-state index is 12.1. The van der Waals surface area contributed by atoms with E-state index in [1.807, 2.05) is 44.2 Å². The fourth-order valence-corrected chi connectivity index (χ4v) is 2.80. The first-order valence-corrected chi connectivity index (χ1v) is 9.41. The minimum Gasteiger partial charge on any atom is -0.337 e. The van der Waals surface area contributed by atoms with Gasteiger partial charge in [0.2, 0.25) is 5.91 Å². The third-order valence-corrected chi connectivity index (χ3v) is 4.15. The van der Waals surface area contributed by atoms with Crippen molar-refractivity contribution in [3.63, 3.8) is 0 Å². The lowest BCUT2D eigenvalue weighted by Gasteiger charge is -2.25. The van der Waals surface area contributed by atoms with Crippen LogP contribution in [-0.2, 0) is 4.79 Å². The van der Waals surface area contributed by atoms with E-state index in [0.29, 0.717) is 24.2 Å². The lowest BCUT2D eigenvalue weighted by molar-refractivity contribution is -0.131. The summed E-state index contributed by atoms with van der Waals surface area (Å²) in [5.41, 5.74) is 0.757. The largest absolute Gasteiger partial charge is 0.337 e. The van der Waals surface area contributed by atoms with E-state index in [1.165, 1.54) is 0 Å². The van der Waals surface area contributed by atoms with Crippen LogP contribution in [0, 0.1) is 0 Å². The van der Waals surface area contributed by atoms with Gasteiger partial charge >= 0.3 is 0 Å². The SMILES string of the molecule is CC.O=C(CN1C(=O)c2ccccc2C1=O)N1CC=CCC1.c1ccncc1. The van der Waals surface area contributed by atoms with Crippen molar-refractivity contribution in [1.82, 2.24) is 14.8 Å². The zero-order chi connectivity index (χ0) is 20.4. The third kappa shape index (κ3) is 5.13. The van der Waals surface area contributed by atoms with Crippen LogP contribution in [-0.4, -0.2) is 52.1 Å². The Morgan fingerprint density at radius 1 is 0.929 bits per heavy atom. The highest BCUT2D eigenvalue weighted by Crippen LogP contribution is 2.22. The van der Waals surface area contributed by atoms with Gasteiger partial charge in [0.15, 0.2) is 0 Å². The van der Waals surface area contributed by atoms with Gasteiger partial charge in [0.25, 0.3) is 11.8 Å². The number of aromatic nitrogens is 1.